The molecule has 1 aliphatic heterocycles. The van der Waals surface area contributed by atoms with Gasteiger partial charge in [-0.15, -0.1) is 12.4 Å². The van der Waals surface area contributed by atoms with Crippen LogP contribution in [0.15, 0.2) is 18.2 Å². The van der Waals surface area contributed by atoms with Crippen molar-refractivity contribution in [1.82, 2.24) is 10.6 Å². The molecule has 1 heterocycles. The van der Waals surface area contributed by atoms with E-state index in [-0.39, 0.29) is 30.8 Å². The van der Waals surface area contributed by atoms with E-state index in [4.69, 9.17) is 16.3 Å². The maximum Gasteiger partial charge on any atom is 0.252 e. The third kappa shape index (κ3) is 5.08. The first kappa shape index (κ1) is 20.7. The second kappa shape index (κ2) is 9.22. The second-order valence-electron chi connectivity index (χ2n) is 5.66. The Morgan fingerprint density at radius 2 is 2.00 bits per heavy atom. The van der Waals surface area contributed by atoms with E-state index in [0.29, 0.717) is 36.6 Å². The molecule has 0 saturated carbocycles. The summed E-state index contributed by atoms with van der Waals surface area (Å²) in [5.41, 5.74) is 0.682. The highest BCUT2D eigenvalue weighted by Gasteiger charge is 2.39. The van der Waals surface area contributed by atoms with Crippen LogP contribution in [0, 0.1) is 6.92 Å². The average molecular weight is 376 g/mol. The van der Waals surface area contributed by atoms with E-state index in [0.717, 1.165) is 5.56 Å². The number of halogens is 2. The third-order valence-corrected chi connectivity index (χ3v) is 4.34. The molecule has 0 atom stereocenters. The van der Waals surface area contributed by atoms with Gasteiger partial charge in [0.2, 0.25) is 5.91 Å². The summed E-state index contributed by atoms with van der Waals surface area (Å²) in [5.74, 6) is -0.587. The summed E-state index contributed by atoms with van der Waals surface area (Å²) >= 11 is 6.07. The van der Waals surface area contributed by atoms with E-state index in [9.17, 15) is 9.59 Å². The zero-order valence-electron chi connectivity index (χ0n) is 13.8. The number of piperidine rings is 1. The lowest BCUT2D eigenvalue weighted by Gasteiger charge is -2.34. The first-order chi connectivity index (χ1) is 11.0. The highest BCUT2D eigenvalue weighted by atomic mass is 35.5. The first-order valence-corrected chi connectivity index (χ1v) is 7.95. The molecule has 1 fully saturated rings. The number of hydrogen-bond donors (Lipinski definition) is 3. The monoisotopic (exact) mass is 375 g/mol. The molecule has 3 N–H and O–H groups in total. The van der Waals surface area contributed by atoms with Gasteiger partial charge in [0.1, 0.15) is 5.60 Å². The van der Waals surface area contributed by atoms with Crippen molar-refractivity contribution in [3.05, 3.63) is 28.8 Å². The Kier molecular flexibility index (Phi) is 7.96. The summed E-state index contributed by atoms with van der Waals surface area (Å²) in [7, 11) is 1.52. The highest BCUT2D eigenvalue weighted by molar-refractivity contribution is 6.33. The number of carbonyl (C=O) groups is 2. The zero-order chi connectivity index (χ0) is 16.9. The fraction of sp³-hybridized carbons (Fsp3) is 0.500. The molecule has 8 heteroatoms. The van der Waals surface area contributed by atoms with Gasteiger partial charge in [0.25, 0.3) is 5.91 Å². The van der Waals surface area contributed by atoms with Crippen molar-refractivity contribution >= 4 is 41.5 Å². The normalized spacial score (nSPS) is 16.0. The standard InChI is InChI=1S/C16H22ClN3O3.ClH/c1-11-3-4-13(12(17)9-11)20-14(21)10-19-15(22)16(23-2)5-7-18-8-6-16;/h3-4,9,18H,5-8,10H2,1-2H3,(H,19,22)(H,20,21);1H. The predicted molar refractivity (Wildman–Crippen MR) is 96.9 cm³/mol. The highest BCUT2D eigenvalue weighted by Crippen LogP contribution is 2.23. The molecule has 134 valence electrons. The first-order valence-electron chi connectivity index (χ1n) is 7.57. The molecule has 0 spiro atoms. The van der Waals surface area contributed by atoms with Gasteiger partial charge in [0.05, 0.1) is 17.3 Å². The number of ether oxygens (including phenoxy) is 1. The van der Waals surface area contributed by atoms with Crippen LogP contribution >= 0.6 is 24.0 Å². The van der Waals surface area contributed by atoms with Crippen LogP contribution in [0.4, 0.5) is 5.69 Å². The maximum absolute atomic E-state index is 12.3. The van der Waals surface area contributed by atoms with Crippen LogP contribution in [-0.4, -0.2) is 44.2 Å². The molecular formula is C16H23Cl2N3O3. The number of carbonyl (C=O) groups excluding carboxylic acids is 2. The van der Waals surface area contributed by atoms with Crippen LogP contribution in [0.1, 0.15) is 18.4 Å². The predicted octanol–water partition coefficient (Wildman–Crippen LogP) is 1.89. The minimum Gasteiger partial charge on any atom is -0.368 e. The van der Waals surface area contributed by atoms with Crippen LogP contribution in [0.5, 0.6) is 0 Å². The van der Waals surface area contributed by atoms with Crippen LogP contribution in [0.3, 0.4) is 0 Å². The summed E-state index contributed by atoms with van der Waals surface area (Å²) in [6, 6.07) is 5.36. The Hall–Kier alpha value is -1.34. The van der Waals surface area contributed by atoms with E-state index >= 15 is 0 Å². The number of rotatable bonds is 5. The minimum atomic E-state index is -0.854. The molecule has 0 unspecified atom stereocenters. The minimum absolute atomic E-state index is 0. The van der Waals surface area contributed by atoms with Gasteiger partial charge in [-0.25, -0.2) is 0 Å². The molecule has 0 aromatic heterocycles. The molecule has 24 heavy (non-hydrogen) atoms. The Bertz CT molecular complexity index is 590. The number of methoxy groups -OCH3 is 1. The van der Waals surface area contributed by atoms with Gasteiger partial charge in [-0.3, -0.25) is 9.59 Å². The van der Waals surface area contributed by atoms with Crippen molar-refractivity contribution in [2.45, 2.75) is 25.4 Å². The molecule has 6 nitrogen and oxygen atoms in total. The summed E-state index contributed by atoms with van der Waals surface area (Å²) in [5, 5.41) is 8.99. The van der Waals surface area contributed by atoms with Crippen molar-refractivity contribution in [2.24, 2.45) is 0 Å². The van der Waals surface area contributed by atoms with Crippen molar-refractivity contribution in [3.63, 3.8) is 0 Å². The van der Waals surface area contributed by atoms with Crippen molar-refractivity contribution in [2.75, 3.05) is 32.1 Å². The molecule has 0 radical (unpaired) electrons. The Labute approximate surface area is 153 Å². The number of aryl methyl sites for hydroxylation is 1. The van der Waals surface area contributed by atoms with Crippen molar-refractivity contribution in [1.29, 1.82) is 0 Å². The number of benzene rings is 1. The van der Waals surface area contributed by atoms with Crippen LogP contribution in [0.2, 0.25) is 5.02 Å². The van der Waals surface area contributed by atoms with Gasteiger partial charge in [-0.1, -0.05) is 17.7 Å². The van der Waals surface area contributed by atoms with Gasteiger partial charge in [-0.2, -0.15) is 0 Å². The number of nitrogens with one attached hydrogen (secondary N) is 3. The van der Waals surface area contributed by atoms with E-state index < -0.39 is 5.60 Å². The molecule has 2 amide bonds. The van der Waals surface area contributed by atoms with Crippen LogP contribution < -0.4 is 16.0 Å². The van der Waals surface area contributed by atoms with E-state index in [1.807, 2.05) is 13.0 Å². The summed E-state index contributed by atoms with van der Waals surface area (Å²) < 4.78 is 5.42. The van der Waals surface area contributed by atoms with Crippen molar-refractivity contribution < 1.29 is 14.3 Å². The summed E-state index contributed by atoms with van der Waals surface area (Å²) in [6.07, 6.45) is 1.17. The number of amides is 2. The number of anilines is 1. The molecule has 1 aliphatic rings. The van der Waals surface area contributed by atoms with E-state index in [1.165, 1.54) is 7.11 Å². The Morgan fingerprint density at radius 3 is 2.58 bits per heavy atom. The van der Waals surface area contributed by atoms with Gasteiger partial charge in [0.15, 0.2) is 0 Å². The molecule has 1 aromatic carbocycles. The SMILES string of the molecule is COC1(C(=O)NCC(=O)Nc2ccc(C)cc2Cl)CCNCC1.Cl. The molecule has 1 aromatic rings. The Morgan fingerprint density at radius 1 is 1.33 bits per heavy atom. The second-order valence-corrected chi connectivity index (χ2v) is 6.07. The van der Waals surface area contributed by atoms with Crippen molar-refractivity contribution in [3.8, 4) is 0 Å². The van der Waals surface area contributed by atoms with Gasteiger partial charge in [-0.05, 0) is 50.6 Å². The quantitative estimate of drug-likeness (QED) is 0.734. The lowest BCUT2D eigenvalue weighted by molar-refractivity contribution is -0.147. The fourth-order valence-electron chi connectivity index (χ4n) is 2.59. The lowest BCUT2D eigenvalue weighted by atomic mass is 9.91. The van der Waals surface area contributed by atoms with Gasteiger partial charge < -0.3 is 20.7 Å². The van der Waals surface area contributed by atoms with Gasteiger partial charge in [0, 0.05) is 7.11 Å². The summed E-state index contributed by atoms with van der Waals surface area (Å²) in [4.78, 5) is 24.3. The van der Waals surface area contributed by atoms with Gasteiger partial charge >= 0.3 is 0 Å². The zero-order valence-corrected chi connectivity index (χ0v) is 15.4. The molecule has 1 saturated heterocycles. The maximum atomic E-state index is 12.3. The smallest absolute Gasteiger partial charge is 0.252 e. The van der Waals surface area contributed by atoms with Crippen LogP contribution in [-0.2, 0) is 14.3 Å². The molecule has 0 bridgehead atoms. The van der Waals surface area contributed by atoms with E-state index in [1.54, 1.807) is 12.1 Å². The lowest BCUT2D eigenvalue weighted by Crippen LogP contribution is -2.55. The topological polar surface area (TPSA) is 79.5 Å². The largest absolute Gasteiger partial charge is 0.368 e. The molecular weight excluding hydrogens is 353 g/mol. The van der Waals surface area contributed by atoms with Crippen LogP contribution in [0.25, 0.3) is 0 Å². The fourth-order valence-corrected chi connectivity index (χ4v) is 2.87. The molecule has 0 aliphatic carbocycles. The molecule has 2 rings (SSSR count). The third-order valence-electron chi connectivity index (χ3n) is 4.02. The Balaban J connectivity index is 0.00000288. The van der Waals surface area contributed by atoms with E-state index in [2.05, 4.69) is 16.0 Å². The number of hydrogen-bond acceptors (Lipinski definition) is 4. The summed E-state index contributed by atoms with van der Waals surface area (Å²) in [6.45, 7) is 3.22. The average Bonchev–Trinajstić information content (AvgIpc) is 2.55.